The van der Waals surface area contributed by atoms with E-state index in [2.05, 4.69) is 26.5 Å². The first-order valence-corrected chi connectivity index (χ1v) is 9.24. The quantitative estimate of drug-likeness (QED) is 0.821. The van der Waals surface area contributed by atoms with Crippen LogP contribution >= 0.6 is 0 Å². The van der Waals surface area contributed by atoms with E-state index in [1.165, 1.54) is 5.56 Å². The number of piperazine rings is 1. The zero-order chi connectivity index (χ0) is 19.4. The molecule has 2 N–H and O–H groups in total. The Morgan fingerprint density at radius 2 is 1.70 bits per heavy atom. The van der Waals surface area contributed by atoms with Gasteiger partial charge < -0.3 is 14.8 Å². The van der Waals surface area contributed by atoms with Gasteiger partial charge in [-0.2, -0.15) is 0 Å². The van der Waals surface area contributed by atoms with Gasteiger partial charge in [0.25, 0.3) is 0 Å². The van der Waals surface area contributed by atoms with Crippen LogP contribution in [0.5, 0.6) is 11.5 Å². The second-order valence-corrected chi connectivity index (χ2v) is 7.99. The van der Waals surface area contributed by atoms with E-state index in [-0.39, 0.29) is 24.8 Å². The number of nitrogens with one attached hydrogen (secondary N) is 2. The summed E-state index contributed by atoms with van der Waals surface area (Å²) in [5.41, 5.74) is 0.814. The van der Waals surface area contributed by atoms with Crippen molar-refractivity contribution in [2.24, 2.45) is 0 Å². The molecule has 1 aromatic rings. The van der Waals surface area contributed by atoms with Crippen molar-refractivity contribution in [3.63, 3.8) is 0 Å². The van der Waals surface area contributed by atoms with Crippen LogP contribution in [-0.4, -0.2) is 66.8 Å². The molecule has 0 radical (unpaired) electrons. The van der Waals surface area contributed by atoms with Crippen molar-refractivity contribution in [1.82, 2.24) is 20.4 Å². The number of hydrogen-bond acceptors (Lipinski definition) is 6. The Kier molecular flexibility index (Phi) is 5.86. The van der Waals surface area contributed by atoms with Crippen LogP contribution < -0.4 is 20.1 Å². The average molecular weight is 376 g/mol. The Morgan fingerprint density at radius 1 is 1.04 bits per heavy atom. The molecule has 1 aromatic carbocycles. The summed E-state index contributed by atoms with van der Waals surface area (Å²) in [6.07, 6.45) is 0. The molecule has 2 aliphatic rings. The first-order chi connectivity index (χ1) is 12.8. The minimum atomic E-state index is -0.450. The molecule has 2 heterocycles. The molecule has 0 aliphatic carbocycles. The number of carbonyl (C=O) groups is 2. The van der Waals surface area contributed by atoms with Crippen LogP contribution in [0.1, 0.15) is 26.3 Å². The molecule has 0 saturated carbocycles. The summed E-state index contributed by atoms with van der Waals surface area (Å²) in [5, 5.41) is 5.11. The number of urea groups is 1. The minimum Gasteiger partial charge on any atom is -0.454 e. The molecule has 1 saturated heterocycles. The molecule has 148 valence electrons. The average Bonchev–Trinajstić information content (AvgIpc) is 3.02. The van der Waals surface area contributed by atoms with Crippen LogP contribution in [0.25, 0.3) is 0 Å². The number of hydrogen-bond donors (Lipinski definition) is 2. The van der Waals surface area contributed by atoms with E-state index >= 15 is 0 Å². The third kappa shape index (κ3) is 5.83. The lowest BCUT2D eigenvalue weighted by molar-refractivity contribution is -0.121. The summed E-state index contributed by atoms with van der Waals surface area (Å²) < 4.78 is 10.8. The van der Waals surface area contributed by atoms with Gasteiger partial charge in [-0.3, -0.25) is 19.9 Å². The first-order valence-electron chi connectivity index (χ1n) is 9.24. The van der Waals surface area contributed by atoms with Gasteiger partial charge >= 0.3 is 6.03 Å². The molecule has 0 aromatic heterocycles. The first kappa shape index (κ1) is 19.4. The molecule has 3 amide bonds. The topological polar surface area (TPSA) is 83.1 Å². The van der Waals surface area contributed by atoms with Gasteiger partial charge in [-0.15, -0.1) is 0 Å². The van der Waals surface area contributed by atoms with E-state index < -0.39 is 6.03 Å². The highest BCUT2D eigenvalue weighted by Gasteiger charge is 2.22. The van der Waals surface area contributed by atoms with Gasteiger partial charge in [-0.25, -0.2) is 4.79 Å². The molecule has 0 bridgehead atoms. The molecule has 3 rings (SSSR count). The van der Waals surface area contributed by atoms with E-state index in [0.29, 0.717) is 0 Å². The summed E-state index contributed by atoms with van der Waals surface area (Å²) in [4.78, 5) is 28.2. The molecule has 0 unspecified atom stereocenters. The maximum atomic E-state index is 12.0. The number of amides is 3. The van der Waals surface area contributed by atoms with Gasteiger partial charge in [0, 0.05) is 38.3 Å². The fourth-order valence-electron chi connectivity index (χ4n) is 3.14. The fraction of sp³-hybridized carbons (Fsp3) is 0.579. The lowest BCUT2D eigenvalue weighted by Gasteiger charge is -2.34. The highest BCUT2D eigenvalue weighted by molar-refractivity contribution is 5.95. The third-order valence-electron chi connectivity index (χ3n) is 4.42. The van der Waals surface area contributed by atoms with Crippen LogP contribution in [0.4, 0.5) is 4.79 Å². The fourth-order valence-corrected chi connectivity index (χ4v) is 3.14. The smallest absolute Gasteiger partial charge is 0.321 e. The normalized spacial score (nSPS) is 17.6. The molecular weight excluding hydrogens is 348 g/mol. The molecule has 27 heavy (non-hydrogen) atoms. The number of benzene rings is 1. The van der Waals surface area contributed by atoms with Crippen LogP contribution in [0, 0.1) is 0 Å². The highest BCUT2D eigenvalue weighted by atomic mass is 16.7. The summed E-state index contributed by atoms with van der Waals surface area (Å²) >= 11 is 0. The predicted molar refractivity (Wildman–Crippen MR) is 101 cm³/mol. The number of rotatable bonds is 4. The van der Waals surface area contributed by atoms with Gasteiger partial charge in [-0.1, -0.05) is 6.07 Å². The van der Waals surface area contributed by atoms with Crippen molar-refractivity contribution < 1.29 is 19.1 Å². The minimum absolute atomic E-state index is 0.232. The monoisotopic (exact) mass is 376 g/mol. The third-order valence-corrected chi connectivity index (χ3v) is 4.42. The Labute approximate surface area is 159 Å². The summed E-state index contributed by atoms with van der Waals surface area (Å²) in [6, 6.07) is 5.58. The Morgan fingerprint density at radius 3 is 2.41 bits per heavy atom. The van der Waals surface area contributed by atoms with Crippen molar-refractivity contribution in [3.05, 3.63) is 23.8 Å². The van der Waals surface area contributed by atoms with Crippen LogP contribution in [0.3, 0.4) is 0 Å². The van der Waals surface area contributed by atoms with E-state index in [1.807, 2.05) is 32.9 Å². The number of ether oxygens (including phenoxy) is 2. The number of fused-ring (bicyclic) bond motifs is 1. The molecule has 8 nitrogen and oxygen atoms in total. The number of carbonyl (C=O) groups excluding carboxylic acids is 2. The van der Waals surface area contributed by atoms with Crippen molar-refractivity contribution in [1.29, 1.82) is 0 Å². The lowest BCUT2D eigenvalue weighted by Crippen LogP contribution is -2.52. The predicted octanol–water partition coefficient (Wildman–Crippen LogP) is 1.16. The summed E-state index contributed by atoms with van der Waals surface area (Å²) in [6.45, 7) is 10.3. The zero-order valence-electron chi connectivity index (χ0n) is 16.2. The van der Waals surface area contributed by atoms with E-state index in [1.54, 1.807) is 0 Å². The van der Waals surface area contributed by atoms with Crippen LogP contribution in [0.15, 0.2) is 18.2 Å². The lowest BCUT2D eigenvalue weighted by atomic mass is 10.1. The van der Waals surface area contributed by atoms with Crippen molar-refractivity contribution in [3.8, 4) is 11.5 Å². The van der Waals surface area contributed by atoms with Crippen LogP contribution in [0.2, 0.25) is 0 Å². The van der Waals surface area contributed by atoms with E-state index in [9.17, 15) is 9.59 Å². The van der Waals surface area contributed by atoms with Gasteiger partial charge in [0.15, 0.2) is 11.5 Å². The summed E-state index contributed by atoms with van der Waals surface area (Å²) in [7, 11) is 0. The molecule has 0 atom stereocenters. The van der Waals surface area contributed by atoms with Gasteiger partial charge in [0.05, 0.1) is 6.54 Å². The zero-order valence-corrected chi connectivity index (χ0v) is 16.2. The second kappa shape index (κ2) is 8.14. The van der Waals surface area contributed by atoms with E-state index in [4.69, 9.17) is 9.47 Å². The Hall–Kier alpha value is -2.32. The number of nitrogens with zero attached hydrogens (tertiary/aromatic N) is 2. The van der Waals surface area contributed by atoms with Crippen LogP contribution in [-0.2, 0) is 11.3 Å². The van der Waals surface area contributed by atoms with Gasteiger partial charge in [0.1, 0.15) is 0 Å². The summed E-state index contributed by atoms with van der Waals surface area (Å²) in [5.74, 6) is 1.32. The maximum absolute atomic E-state index is 12.0. The van der Waals surface area contributed by atoms with Crippen molar-refractivity contribution in [2.45, 2.75) is 32.9 Å². The SMILES string of the molecule is CC(C)(C)NC(=O)NC(=O)CN1CCN(Cc2ccc3c(c2)OCO3)CC1. The largest absolute Gasteiger partial charge is 0.454 e. The van der Waals surface area contributed by atoms with Gasteiger partial charge in [-0.05, 0) is 38.5 Å². The Bertz CT molecular complexity index is 693. The Balaban J connectivity index is 1.40. The maximum Gasteiger partial charge on any atom is 0.321 e. The standard InChI is InChI=1S/C19H28N4O4/c1-19(2,3)21-18(25)20-17(24)12-23-8-6-22(7-9-23)11-14-4-5-15-16(10-14)27-13-26-15/h4-5,10H,6-9,11-13H2,1-3H3,(H2,20,21,24,25). The highest BCUT2D eigenvalue weighted by Crippen LogP contribution is 2.32. The second-order valence-electron chi connectivity index (χ2n) is 7.99. The van der Waals surface area contributed by atoms with Gasteiger partial charge in [0.2, 0.25) is 12.7 Å². The molecule has 1 fully saturated rings. The van der Waals surface area contributed by atoms with Crippen molar-refractivity contribution >= 4 is 11.9 Å². The molecular formula is C19H28N4O4. The number of imide groups is 1. The molecule has 2 aliphatic heterocycles. The van der Waals surface area contributed by atoms with E-state index in [0.717, 1.165) is 44.2 Å². The molecule has 0 spiro atoms. The molecule has 8 heteroatoms. The van der Waals surface area contributed by atoms with Crippen molar-refractivity contribution in [2.75, 3.05) is 39.5 Å².